The van der Waals surface area contributed by atoms with Gasteiger partial charge >= 0.3 is 0 Å². The highest BCUT2D eigenvalue weighted by Gasteiger charge is 2.73. The number of carbonyl (C=O) groups is 1. The first-order chi connectivity index (χ1) is 18.3. The van der Waals surface area contributed by atoms with Crippen LogP contribution in [0.5, 0.6) is 5.75 Å². The SMILES string of the molecule is O=C1Nc2ccccc2[C@]12[C@H]([N+](=O)[O-])[C@@H](c1ccc(OCc3cccc([N+](=O)[O-])c3)c(Cl)c1)[C@H]1CCCN12. The number of hydrogen-bond acceptors (Lipinski definition) is 7. The summed E-state index contributed by atoms with van der Waals surface area (Å²) in [6, 6.07) is 17.0. The Morgan fingerprint density at radius 1 is 1.08 bits per heavy atom. The normalized spacial score (nSPS) is 25.7. The van der Waals surface area contributed by atoms with Gasteiger partial charge in [0.2, 0.25) is 0 Å². The van der Waals surface area contributed by atoms with E-state index in [4.69, 9.17) is 16.3 Å². The largest absolute Gasteiger partial charge is 0.487 e. The maximum atomic E-state index is 13.6. The smallest absolute Gasteiger partial charge is 0.269 e. The average Bonchev–Trinajstić information content (AvgIpc) is 3.56. The Kier molecular flexibility index (Phi) is 5.81. The second kappa shape index (κ2) is 9.07. The molecule has 0 unspecified atom stereocenters. The fourth-order valence-electron chi connectivity index (χ4n) is 6.54. The highest BCUT2D eigenvalue weighted by Crippen LogP contribution is 2.58. The van der Waals surface area contributed by atoms with E-state index >= 15 is 0 Å². The highest BCUT2D eigenvalue weighted by atomic mass is 35.5. The quantitative estimate of drug-likeness (QED) is 0.352. The van der Waals surface area contributed by atoms with Crippen molar-refractivity contribution in [3.05, 3.63) is 109 Å². The van der Waals surface area contributed by atoms with Gasteiger partial charge in [-0.1, -0.05) is 48.0 Å². The van der Waals surface area contributed by atoms with Crippen molar-refractivity contribution in [3.8, 4) is 5.75 Å². The van der Waals surface area contributed by atoms with Crippen molar-refractivity contribution in [2.75, 3.05) is 11.9 Å². The Bertz CT molecular complexity index is 1480. The molecule has 0 radical (unpaired) electrons. The second-order valence-corrected chi connectivity index (χ2v) is 10.2. The van der Waals surface area contributed by atoms with Crippen molar-refractivity contribution < 1.29 is 19.4 Å². The van der Waals surface area contributed by atoms with Gasteiger partial charge in [0.05, 0.1) is 15.9 Å². The molecule has 3 heterocycles. The minimum atomic E-state index is -1.39. The Morgan fingerprint density at radius 3 is 2.66 bits per heavy atom. The third-order valence-corrected chi connectivity index (χ3v) is 8.25. The molecule has 1 spiro atoms. The van der Waals surface area contributed by atoms with Gasteiger partial charge in [-0.15, -0.1) is 0 Å². The molecule has 1 N–H and O–H groups in total. The van der Waals surface area contributed by atoms with E-state index < -0.39 is 22.4 Å². The van der Waals surface area contributed by atoms with Crippen molar-refractivity contribution in [2.24, 2.45) is 0 Å². The first-order valence-corrected chi connectivity index (χ1v) is 12.7. The van der Waals surface area contributed by atoms with E-state index in [-0.39, 0.29) is 34.2 Å². The summed E-state index contributed by atoms with van der Waals surface area (Å²) in [5.74, 6) is -0.565. The van der Waals surface area contributed by atoms with Crippen LogP contribution in [-0.2, 0) is 16.9 Å². The van der Waals surface area contributed by atoms with Crippen LogP contribution in [0.2, 0.25) is 5.02 Å². The third-order valence-electron chi connectivity index (χ3n) is 7.95. The number of rotatable bonds is 6. The number of nitrogens with zero attached hydrogens (tertiary/aromatic N) is 3. The maximum Gasteiger partial charge on any atom is 0.269 e. The lowest BCUT2D eigenvalue weighted by Gasteiger charge is -2.32. The number of non-ortho nitro benzene ring substituents is 1. The lowest BCUT2D eigenvalue weighted by atomic mass is 9.77. The number of ether oxygens (including phenoxy) is 1. The fourth-order valence-corrected chi connectivity index (χ4v) is 6.78. The van der Waals surface area contributed by atoms with E-state index in [1.54, 1.807) is 54.6 Å². The van der Waals surface area contributed by atoms with Crippen LogP contribution in [0.3, 0.4) is 0 Å². The summed E-state index contributed by atoms with van der Waals surface area (Å²) in [7, 11) is 0. The van der Waals surface area contributed by atoms with Crippen LogP contribution in [-0.4, -0.2) is 39.3 Å². The van der Waals surface area contributed by atoms with Gasteiger partial charge in [0.25, 0.3) is 17.6 Å². The molecule has 38 heavy (non-hydrogen) atoms. The molecule has 0 saturated carbocycles. The van der Waals surface area contributed by atoms with Gasteiger partial charge in [-0.2, -0.15) is 0 Å². The second-order valence-electron chi connectivity index (χ2n) is 9.83. The first-order valence-electron chi connectivity index (χ1n) is 12.3. The fraction of sp³-hybridized carbons (Fsp3) is 0.296. The van der Waals surface area contributed by atoms with Crippen LogP contribution in [0.15, 0.2) is 66.7 Å². The van der Waals surface area contributed by atoms with Crippen LogP contribution in [0.4, 0.5) is 11.4 Å². The van der Waals surface area contributed by atoms with Gasteiger partial charge in [-0.3, -0.25) is 29.9 Å². The minimum Gasteiger partial charge on any atom is -0.487 e. The molecule has 3 aliphatic rings. The van der Waals surface area contributed by atoms with Crippen molar-refractivity contribution in [1.82, 2.24) is 4.90 Å². The molecule has 3 aromatic rings. The number of carbonyl (C=O) groups excluding carboxylic acids is 1. The molecule has 2 saturated heterocycles. The number of fused-ring (bicyclic) bond motifs is 4. The third kappa shape index (κ3) is 3.55. The predicted octanol–water partition coefficient (Wildman–Crippen LogP) is 4.88. The molecule has 3 aliphatic heterocycles. The van der Waals surface area contributed by atoms with Crippen LogP contribution >= 0.6 is 11.6 Å². The number of hydrogen-bond donors (Lipinski definition) is 1. The zero-order valence-corrected chi connectivity index (χ0v) is 20.8. The van der Waals surface area contributed by atoms with Crippen molar-refractivity contribution in [1.29, 1.82) is 0 Å². The number of amides is 1. The molecule has 10 nitrogen and oxygen atoms in total. The summed E-state index contributed by atoms with van der Waals surface area (Å²) < 4.78 is 5.83. The number of nitrogens with one attached hydrogen (secondary N) is 1. The number of halogens is 1. The molecule has 194 valence electrons. The Balaban J connectivity index is 1.35. The minimum absolute atomic E-state index is 0.0350. The number of nitro groups is 2. The summed E-state index contributed by atoms with van der Waals surface area (Å²) >= 11 is 6.59. The van der Waals surface area contributed by atoms with Gasteiger partial charge in [-0.25, -0.2) is 0 Å². The van der Waals surface area contributed by atoms with Crippen molar-refractivity contribution in [2.45, 2.75) is 43.0 Å². The zero-order valence-electron chi connectivity index (χ0n) is 20.1. The standard InChI is InChI=1S/C27H23ClN4O6/c28-20-14-17(10-11-23(20)38-15-16-5-3-6-18(13-16)31(34)35)24-22-9-4-12-30(22)27(25(24)32(36)37)19-7-1-2-8-21(19)29-26(27)33/h1-3,5-8,10-11,13-14,22,24-25H,4,9,12,15H2,(H,29,33)/t22-,24+,25-,27+/m1/s1. The van der Waals surface area contributed by atoms with E-state index in [2.05, 4.69) is 5.32 Å². The van der Waals surface area contributed by atoms with Crippen molar-refractivity contribution >= 4 is 28.9 Å². The summed E-state index contributed by atoms with van der Waals surface area (Å²) in [4.78, 5) is 38.5. The number of benzene rings is 3. The van der Waals surface area contributed by atoms with Crippen LogP contribution in [0.1, 0.15) is 35.4 Å². The first kappa shape index (κ1) is 24.3. The van der Waals surface area contributed by atoms with Gasteiger partial charge in [-0.05, 0) is 42.2 Å². The molecule has 0 bridgehead atoms. The lowest BCUT2D eigenvalue weighted by Crippen LogP contribution is -2.55. The molecule has 4 atom stereocenters. The molecule has 0 aromatic heterocycles. The van der Waals surface area contributed by atoms with Crippen LogP contribution < -0.4 is 10.1 Å². The van der Waals surface area contributed by atoms with E-state index in [1.165, 1.54) is 12.1 Å². The van der Waals surface area contributed by atoms with Gasteiger partial charge < -0.3 is 10.1 Å². The molecule has 2 fully saturated rings. The predicted molar refractivity (Wildman–Crippen MR) is 139 cm³/mol. The highest BCUT2D eigenvalue weighted by molar-refractivity contribution is 6.32. The number of para-hydroxylation sites is 1. The summed E-state index contributed by atoms with van der Waals surface area (Å²) in [5.41, 5.74) is 1.11. The maximum absolute atomic E-state index is 13.6. The lowest BCUT2D eigenvalue weighted by molar-refractivity contribution is -0.534. The summed E-state index contributed by atoms with van der Waals surface area (Å²) in [5, 5.41) is 26.9. The number of nitro benzene ring substituents is 1. The summed E-state index contributed by atoms with van der Waals surface area (Å²) in [6.45, 7) is 0.656. The Morgan fingerprint density at radius 2 is 1.89 bits per heavy atom. The topological polar surface area (TPSA) is 128 Å². The van der Waals surface area contributed by atoms with Crippen LogP contribution in [0.25, 0.3) is 0 Å². The molecular formula is C27H23ClN4O6. The molecule has 3 aromatic carbocycles. The van der Waals surface area contributed by atoms with E-state index in [9.17, 15) is 25.0 Å². The molecule has 0 aliphatic carbocycles. The molecular weight excluding hydrogens is 512 g/mol. The van der Waals surface area contributed by atoms with Gasteiger partial charge in [0, 0.05) is 40.9 Å². The van der Waals surface area contributed by atoms with E-state index in [0.717, 1.165) is 12.8 Å². The van der Waals surface area contributed by atoms with E-state index in [0.29, 0.717) is 34.7 Å². The molecule has 11 heteroatoms. The van der Waals surface area contributed by atoms with Gasteiger partial charge in [0.15, 0.2) is 5.54 Å². The Hall–Kier alpha value is -4.02. The van der Waals surface area contributed by atoms with Crippen molar-refractivity contribution in [3.63, 3.8) is 0 Å². The monoisotopic (exact) mass is 534 g/mol. The van der Waals surface area contributed by atoms with E-state index in [1.807, 2.05) is 4.90 Å². The summed E-state index contributed by atoms with van der Waals surface area (Å²) in [6.07, 6.45) is 1.57. The molecule has 6 rings (SSSR count). The van der Waals surface area contributed by atoms with Gasteiger partial charge in [0.1, 0.15) is 12.4 Å². The van der Waals surface area contributed by atoms with Crippen LogP contribution in [0, 0.1) is 20.2 Å². The average molecular weight is 535 g/mol. The Labute approximate surface area is 222 Å². The zero-order chi connectivity index (χ0) is 26.6. The number of anilines is 1. The molecule has 1 amide bonds.